The molecule has 0 N–H and O–H groups in total. The first-order chi connectivity index (χ1) is 6.88. The van der Waals surface area contributed by atoms with E-state index >= 15 is 0 Å². The Kier molecular flexibility index (Phi) is 2.81. The molecule has 0 unspecified atom stereocenters. The van der Waals surface area contributed by atoms with Gasteiger partial charge in [0.15, 0.2) is 0 Å². The summed E-state index contributed by atoms with van der Waals surface area (Å²) >= 11 is 0. The maximum absolute atomic E-state index is 10.6. The molecule has 15 heavy (non-hydrogen) atoms. The molecular weight excluding hydrogens is 190 g/mol. The number of terminal acetylenes is 1. The number of nitrogens with zero attached hydrogens (tertiary/aromatic N) is 1. The van der Waals surface area contributed by atoms with E-state index in [1.807, 2.05) is 13.8 Å². The lowest BCUT2D eigenvalue weighted by Crippen LogP contribution is -2.14. The highest BCUT2D eigenvalue weighted by Crippen LogP contribution is 2.27. The van der Waals surface area contributed by atoms with Crippen molar-refractivity contribution in [3.63, 3.8) is 0 Å². The maximum atomic E-state index is 10.6. The Morgan fingerprint density at radius 3 is 2.47 bits per heavy atom. The summed E-state index contributed by atoms with van der Waals surface area (Å²) in [5.74, 6) is 2.66. The Bertz CT molecular complexity index is 441. The number of benzene rings is 1. The third-order valence-corrected chi connectivity index (χ3v) is 2.48. The number of aryl methyl sites for hydroxylation is 1. The predicted molar refractivity (Wildman–Crippen MR) is 59.7 cm³/mol. The van der Waals surface area contributed by atoms with Gasteiger partial charge in [-0.05, 0) is 32.4 Å². The van der Waals surface area contributed by atoms with Crippen molar-refractivity contribution in [2.75, 3.05) is 0 Å². The van der Waals surface area contributed by atoms with Crippen LogP contribution < -0.4 is 0 Å². The quantitative estimate of drug-likeness (QED) is 0.421. The normalized spacial score (nSPS) is 10.8. The second-order valence-corrected chi connectivity index (χ2v) is 4.03. The van der Waals surface area contributed by atoms with Crippen molar-refractivity contribution in [1.29, 1.82) is 0 Å². The van der Waals surface area contributed by atoms with Gasteiger partial charge in [-0.1, -0.05) is 12.0 Å². The van der Waals surface area contributed by atoms with Gasteiger partial charge in [0.1, 0.15) is 0 Å². The van der Waals surface area contributed by atoms with Gasteiger partial charge in [-0.25, -0.2) is 0 Å². The molecule has 0 aliphatic heterocycles. The molecule has 3 nitrogen and oxygen atoms in total. The van der Waals surface area contributed by atoms with E-state index in [0.717, 1.165) is 5.56 Å². The molecule has 1 aromatic rings. The molecule has 1 aromatic carbocycles. The highest BCUT2D eigenvalue weighted by atomic mass is 16.6. The van der Waals surface area contributed by atoms with Gasteiger partial charge in [-0.15, -0.1) is 6.42 Å². The zero-order valence-corrected chi connectivity index (χ0v) is 9.07. The van der Waals surface area contributed by atoms with E-state index in [1.54, 1.807) is 19.1 Å². The first-order valence-electron chi connectivity index (χ1n) is 4.62. The second-order valence-electron chi connectivity index (χ2n) is 4.03. The highest BCUT2D eigenvalue weighted by Gasteiger charge is 2.20. The number of hydrogen-bond acceptors (Lipinski definition) is 2. The van der Waals surface area contributed by atoms with Crippen molar-refractivity contribution >= 4 is 5.69 Å². The van der Waals surface area contributed by atoms with Gasteiger partial charge in [0, 0.05) is 11.6 Å². The van der Waals surface area contributed by atoms with Crippen molar-refractivity contribution < 1.29 is 4.92 Å². The average Bonchev–Trinajstić information content (AvgIpc) is 2.17. The zero-order valence-electron chi connectivity index (χ0n) is 9.07. The van der Waals surface area contributed by atoms with Gasteiger partial charge < -0.3 is 0 Å². The molecule has 0 atom stereocenters. The van der Waals surface area contributed by atoms with Crippen molar-refractivity contribution in [3.8, 4) is 12.3 Å². The van der Waals surface area contributed by atoms with Gasteiger partial charge in [0.2, 0.25) is 0 Å². The summed E-state index contributed by atoms with van der Waals surface area (Å²) in [7, 11) is 0. The predicted octanol–water partition coefficient (Wildman–Crippen LogP) is 2.81. The lowest BCUT2D eigenvalue weighted by atomic mass is 9.85. The van der Waals surface area contributed by atoms with Crippen LogP contribution in [0.5, 0.6) is 0 Å². The van der Waals surface area contributed by atoms with Crippen LogP contribution in [-0.2, 0) is 5.41 Å². The van der Waals surface area contributed by atoms with E-state index in [9.17, 15) is 10.1 Å². The van der Waals surface area contributed by atoms with E-state index in [4.69, 9.17) is 6.42 Å². The third-order valence-electron chi connectivity index (χ3n) is 2.48. The van der Waals surface area contributed by atoms with Crippen molar-refractivity contribution in [3.05, 3.63) is 39.4 Å². The molecular formula is C12H13NO2. The molecule has 78 valence electrons. The van der Waals surface area contributed by atoms with E-state index in [2.05, 4.69) is 5.92 Å². The maximum Gasteiger partial charge on any atom is 0.272 e. The van der Waals surface area contributed by atoms with Gasteiger partial charge in [0.25, 0.3) is 5.69 Å². The summed E-state index contributed by atoms with van der Waals surface area (Å²) < 4.78 is 0. The Morgan fingerprint density at radius 2 is 2.07 bits per heavy atom. The average molecular weight is 203 g/mol. The first-order valence-corrected chi connectivity index (χ1v) is 4.62. The summed E-state index contributed by atoms with van der Waals surface area (Å²) in [5, 5.41) is 10.6. The molecule has 0 fully saturated rings. The largest absolute Gasteiger partial charge is 0.272 e. The van der Waals surface area contributed by atoms with Crippen LogP contribution >= 0.6 is 0 Å². The van der Waals surface area contributed by atoms with Crippen LogP contribution in [-0.4, -0.2) is 4.92 Å². The highest BCUT2D eigenvalue weighted by molar-refractivity contribution is 5.45. The fourth-order valence-corrected chi connectivity index (χ4v) is 1.33. The van der Waals surface area contributed by atoms with Crippen molar-refractivity contribution in [2.24, 2.45) is 0 Å². The van der Waals surface area contributed by atoms with Crippen LogP contribution in [0, 0.1) is 29.4 Å². The minimum absolute atomic E-state index is 0.131. The molecule has 0 aliphatic rings. The SMILES string of the molecule is C#CC(C)(C)c1ccc([N+](=O)[O-])c(C)c1. The topological polar surface area (TPSA) is 43.1 Å². The lowest BCUT2D eigenvalue weighted by molar-refractivity contribution is -0.385. The van der Waals surface area contributed by atoms with Crippen LogP contribution in [0.15, 0.2) is 18.2 Å². The molecule has 0 amide bonds. The van der Waals surface area contributed by atoms with E-state index in [-0.39, 0.29) is 16.0 Å². The Morgan fingerprint density at radius 1 is 1.47 bits per heavy atom. The Balaban J connectivity index is 3.25. The number of nitro benzene ring substituents is 1. The fraction of sp³-hybridized carbons (Fsp3) is 0.333. The molecule has 0 radical (unpaired) electrons. The smallest absolute Gasteiger partial charge is 0.258 e. The van der Waals surface area contributed by atoms with Gasteiger partial charge in [-0.2, -0.15) is 0 Å². The molecule has 0 aliphatic carbocycles. The molecule has 0 aromatic heterocycles. The summed E-state index contributed by atoms with van der Waals surface area (Å²) in [4.78, 5) is 10.2. The fourth-order valence-electron chi connectivity index (χ4n) is 1.33. The molecule has 0 bridgehead atoms. The standard InChI is InChI=1S/C12H13NO2/c1-5-12(3,4)10-6-7-11(13(14)15)9(2)8-10/h1,6-8H,2-4H3. The van der Waals surface area contributed by atoms with Gasteiger partial charge in [0.05, 0.1) is 10.3 Å². The van der Waals surface area contributed by atoms with Gasteiger partial charge >= 0.3 is 0 Å². The monoisotopic (exact) mass is 203 g/mol. The first kappa shape index (κ1) is 11.3. The van der Waals surface area contributed by atoms with E-state index in [0.29, 0.717) is 5.56 Å². The van der Waals surface area contributed by atoms with Crippen LogP contribution in [0.1, 0.15) is 25.0 Å². The van der Waals surface area contributed by atoms with Crippen LogP contribution in [0.25, 0.3) is 0 Å². The number of nitro groups is 1. The molecule has 0 heterocycles. The third kappa shape index (κ3) is 2.16. The molecule has 1 rings (SSSR count). The van der Waals surface area contributed by atoms with Crippen LogP contribution in [0.2, 0.25) is 0 Å². The van der Waals surface area contributed by atoms with E-state index in [1.165, 1.54) is 6.07 Å². The molecule has 0 saturated carbocycles. The minimum atomic E-state index is -0.389. The Labute approximate surface area is 89.3 Å². The van der Waals surface area contributed by atoms with Crippen LogP contribution in [0.3, 0.4) is 0 Å². The second kappa shape index (κ2) is 3.74. The van der Waals surface area contributed by atoms with Crippen LogP contribution in [0.4, 0.5) is 5.69 Å². The molecule has 0 spiro atoms. The van der Waals surface area contributed by atoms with Crippen molar-refractivity contribution in [1.82, 2.24) is 0 Å². The van der Waals surface area contributed by atoms with Crippen molar-refractivity contribution in [2.45, 2.75) is 26.2 Å². The molecule has 0 saturated heterocycles. The summed E-state index contributed by atoms with van der Waals surface area (Å²) in [6.45, 7) is 5.54. The number of hydrogen-bond donors (Lipinski definition) is 0. The Hall–Kier alpha value is -1.82. The minimum Gasteiger partial charge on any atom is -0.258 e. The van der Waals surface area contributed by atoms with E-state index < -0.39 is 0 Å². The summed E-state index contributed by atoms with van der Waals surface area (Å²) in [6.07, 6.45) is 5.40. The molecule has 3 heteroatoms. The summed E-state index contributed by atoms with van der Waals surface area (Å²) in [6, 6.07) is 4.99. The van der Waals surface area contributed by atoms with Gasteiger partial charge in [-0.3, -0.25) is 10.1 Å². The zero-order chi connectivity index (χ0) is 11.6. The lowest BCUT2D eigenvalue weighted by Gasteiger charge is -2.18. The number of rotatable bonds is 2. The summed E-state index contributed by atoms with van der Waals surface area (Å²) in [5.41, 5.74) is 1.31.